The number of hydrogen-bond donors (Lipinski definition) is 0. The predicted molar refractivity (Wildman–Crippen MR) is 153 cm³/mol. The highest BCUT2D eigenvalue weighted by Gasteiger charge is 2.54. The normalized spacial score (nSPS) is 29.5. The van der Waals surface area contributed by atoms with Gasteiger partial charge in [-0.05, 0) is 98.5 Å². The molecule has 4 aliphatic carbocycles. The summed E-state index contributed by atoms with van der Waals surface area (Å²) < 4.78 is 0. The van der Waals surface area contributed by atoms with Gasteiger partial charge in [-0.25, -0.2) is 4.99 Å². The molecule has 0 spiro atoms. The summed E-state index contributed by atoms with van der Waals surface area (Å²) >= 11 is 1.44. The van der Waals surface area contributed by atoms with Crippen molar-refractivity contribution < 1.29 is 9.59 Å². The molecule has 192 valence electrons. The third-order valence-electron chi connectivity index (χ3n) is 8.99. The number of hydrogen-bond acceptors (Lipinski definition) is 4. The van der Waals surface area contributed by atoms with Crippen LogP contribution in [-0.2, 0) is 9.59 Å². The van der Waals surface area contributed by atoms with Crippen LogP contribution >= 0.6 is 11.8 Å². The first-order valence-corrected chi connectivity index (χ1v) is 14.8. The molecule has 4 nitrogen and oxygen atoms in total. The SMILES string of the molecule is Cc1ccc(N2C(=O)C(=Cc3ccc(C(C)C)cc3)N=C2SCC(=O)C23CC4CC(CC(C4)C2)C3)cc1. The van der Waals surface area contributed by atoms with Crippen LogP contribution in [0.1, 0.15) is 75.0 Å². The number of nitrogens with zero attached hydrogens (tertiary/aromatic N) is 2. The van der Waals surface area contributed by atoms with Crippen LogP contribution in [0.2, 0.25) is 0 Å². The lowest BCUT2D eigenvalue weighted by molar-refractivity contribution is -0.141. The van der Waals surface area contributed by atoms with Crippen LogP contribution in [0.25, 0.3) is 6.08 Å². The Labute approximate surface area is 224 Å². The Bertz CT molecular complexity index is 1240. The molecule has 4 bridgehead atoms. The van der Waals surface area contributed by atoms with Gasteiger partial charge in [0.15, 0.2) is 5.17 Å². The molecule has 5 heteroatoms. The summed E-state index contributed by atoms with van der Waals surface area (Å²) in [5.41, 5.74) is 4.45. The quantitative estimate of drug-likeness (QED) is 0.379. The second kappa shape index (κ2) is 9.58. The number of benzene rings is 2. The van der Waals surface area contributed by atoms with Crippen LogP contribution in [0.5, 0.6) is 0 Å². The zero-order valence-electron chi connectivity index (χ0n) is 22.1. The van der Waals surface area contributed by atoms with E-state index in [4.69, 9.17) is 4.99 Å². The molecule has 0 saturated heterocycles. The maximum Gasteiger partial charge on any atom is 0.283 e. The number of aryl methyl sites for hydroxylation is 1. The Morgan fingerprint density at radius 3 is 2.16 bits per heavy atom. The van der Waals surface area contributed by atoms with Crippen molar-refractivity contribution in [3.05, 3.63) is 70.9 Å². The summed E-state index contributed by atoms with van der Waals surface area (Å²) in [6, 6.07) is 16.3. The van der Waals surface area contributed by atoms with Crippen molar-refractivity contribution in [3.63, 3.8) is 0 Å². The summed E-state index contributed by atoms with van der Waals surface area (Å²) in [5.74, 6) is 3.30. The topological polar surface area (TPSA) is 49.7 Å². The zero-order valence-corrected chi connectivity index (χ0v) is 22.9. The number of amidine groups is 1. The van der Waals surface area contributed by atoms with Crippen molar-refractivity contribution in [2.45, 2.75) is 65.2 Å². The third kappa shape index (κ3) is 4.71. The molecule has 37 heavy (non-hydrogen) atoms. The number of thioether (sulfide) groups is 1. The highest BCUT2D eigenvalue weighted by Crippen LogP contribution is 2.60. The smallest absolute Gasteiger partial charge is 0.283 e. The Morgan fingerprint density at radius 2 is 1.59 bits per heavy atom. The number of aliphatic imine (C=N–C) groups is 1. The Balaban J connectivity index is 1.25. The van der Waals surface area contributed by atoms with Gasteiger partial charge >= 0.3 is 0 Å². The lowest BCUT2D eigenvalue weighted by Gasteiger charge is -2.56. The van der Waals surface area contributed by atoms with E-state index in [9.17, 15) is 9.59 Å². The number of anilines is 1. The van der Waals surface area contributed by atoms with Crippen LogP contribution in [-0.4, -0.2) is 22.6 Å². The molecule has 5 aliphatic rings. The Hall–Kier alpha value is -2.66. The van der Waals surface area contributed by atoms with Crippen molar-refractivity contribution in [2.24, 2.45) is 28.2 Å². The minimum atomic E-state index is -0.137. The molecular weight excluding hydrogens is 476 g/mol. The Kier molecular flexibility index (Phi) is 6.38. The first kappa shape index (κ1) is 24.7. The van der Waals surface area contributed by atoms with Crippen LogP contribution in [0, 0.1) is 30.1 Å². The molecule has 4 saturated carbocycles. The van der Waals surface area contributed by atoms with Gasteiger partial charge < -0.3 is 0 Å². The molecule has 4 fully saturated rings. The van der Waals surface area contributed by atoms with Crippen molar-refractivity contribution in [2.75, 3.05) is 10.7 Å². The fourth-order valence-electron chi connectivity index (χ4n) is 7.38. The van der Waals surface area contributed by atoms with Crippen LogP contribution in [0.3, 0.4) is 0 Å². The number of ketones is 1. The fourth-order valence-corrected chi connectivity index (χ4v) is 8.43. The number of amides is 1. The molecule has 1 heterocycles. The van der Waals surface area contributed by atoms with Gasteiger partial charge in [-0.2, -0.15) is 0 Å². The molecule has 7 rings (SSSR count). The van der Waals surface area contributed by atoms with Gasteiger partial charge in [-0.1, -0.05) is 67.6 Å². The lowest BCUT2D eigenvalue weighted by atomic mass is 9.48. The summed E-state index contributed by atoms with van der Waals surface area (Å²) in [6.07, 6.45) is 9.06. The van der Waals surface area contributed by atoms with Gasteiger partial charge in [0.2, 0.25) is 0 Å². The van der Waals surface area contributed by atoms with Gasteiger partial charge in [-0.15, -0.1) is 0 Å². The Morgan fingerprint density at radius 1 is 1.00 bits per heavy atom. The second-order valence-corrected chi connectivity index (χ2v) is 13.1. The third-order valence-corrected chi connectivity index (χ3v) is 9.93. The van der Waals surface area contributed by atoms with E-state index in [0.29, 0.717) is 28.3 Å². The van der Waals surface area contributed by atoms with Crippen molar-refractivity contribution in [3.8, 4) is 0 Å². The number of carbonyl (C=O) groups is 2. The predicted octanol–water partition coefficient (Wildman–Crippen LogP) is 7.38. The van der Waals surface area contributed by atoms with Gasteiger partial charge in [0, 0.05) is 5.41 Å². The summed E-state index contributed by atoms with van der Waals surface area (Å²) in [7, 11) is 0. The zero-order chi connectivity index (χ0) is 25.7. The fraction of sp³-hybridized carbons (Fsp3) is 0.469. The molecule has 0 aromatic heterocycles. The van der Waals surface area contributed by atoms with Crippen molar-refractivity contribution >= 4 is 40.4 Å². The van der Waals surface area contributed by atoms with Crippen molar-refractivity contribution in [1.82, 2.24) is 0 Å². The molecule has 0 N–H and O–H groups in total. The second-order valence-electron chi connectivity index (χ2n) is 12.1. The molecular formula is C32H36N2O2S. The van der Waals surface area contributed by atoms with E-state index in [-0.39, 0.29) is 11.3 Å². The average Bonchev–Trinajstić information content (AvgIpc) is 3.17. The summed E-state index contributed by atoms with van der Waals surface area (Å²) in [4.78, 5) is 33.8. The van der Waals surface area contributed by atoms with Crippen LogP contribution < -0.4 is 4.90 Å². The van der Waals surface area contributed by atoms with Crippen molar-refractivity contribution in [1.29, 1.82) is 0 Å². The molecule has 2 aromatic carbocycles. The minimum absolute atomic E-state index is 0.129. The maximum absolute atomic E-state index is 13.7. The minimum Gasteiger partial charge on any atom is -0.298 e. The molecule has 0 unspecified atom stereocenters. The van der Waals surface area contributed by atoms with Gasteiger partial charge in [0.25, 0.3) is 5.91 Å². The largest absolute Gasteiger partial charge is 0.298 e. The molecule has 1 amide bonds. The molecule has 0 radical (unpaired) electrons. The molecule has 0 atom stereocenters. The molecule has 1 aliphatic heterocycles. The van der Waals surface area contributed by atoms with E-state index >= 15 is 0 Å². The first-order chi connectivity index (χ1) is 17.8. The van der Waals surface area contributed by atoms with Gasteiger partial charge in [0.1, 0.15) is 11.5 Å². The van der Waals surface area contributed by atoms with E-state index in [2.05, 4.69) is 26.0 Å². The summed E-state index contributed by atoms with van der Waals surface area (Å²) in [6.45, 7) is 6.38. The monoisotopic (exact) mass is 512 g/mol. The number of rotatable bonds is 6. The van der Waals surface area contributed by atoms with Crippen LogP contribution in [0.15, 0.2) is 59.2 Å². The lowest BCUT2D eigenvalue weighted by Crippen LogP contribution is -2.50. The van der Waals surface area contributed by atoms with E-state index in [0.717, 1.165) is 53.8 Å². The van der Waals surface area contributed by atoms with E-state index in [1.807, 2.05) is 49.4 Å². The highest BCUT2D eigenvalue weighted by atomic mass is 32.2. The number of Topliss-reactive ketones (excluding diaryl/α,β-unsaturated/α-hetero) is 1. The van der Waals surface area contributed by atoms with Gasteiger partial charge in [-0.3, -0.25) is 14.5 Å². The standard InChI is InChI=1S/C32H36N2O2S/c1-20(2)26-8-6-22(7-9-26)15-28-30(36)34(27-10-4-21(3)5-11-27)31(33-28)37-19-29(35)32-16-23-12-24(17-32)14-25(13-23)18-32/h4-11,15,20,23-25H,12-14,16-19H2,1-3H3. The first-order valence-electron chi connectivity index (χ1n) is 13.8. The maximum atomic E-state index is 13.7. The van der Waals surface area contributed by atoms with Gasteiger partial charge in [0.05, 0.1) is 11.4 Å². The highest BCUT2D eigenvalue weighted by molar-refractivity contribution is 8.14. The molecule has 2 aromatic rings. The van der Waals surface area contributed by atoms with E-state index < -0.39 is 0 Å². The summed E-state index contributed by atoms with van der Waals surface area (Å²) in [5, 5.41) is 0.608. The average molecular weight is 513 g/mol. The number of carbonyl (C=O) groups excluding carboxylic acids is 2. The van der Waals surface area contributed by atoms with Crippen LogP contribution in [0.4, 0.5) is 5.69 Å². The van der Waals surface area contributed by atoms with E-state index in [1.165, 1.54) is 36.6 Å². The van der Waals surface area contributed by atoms with E-state index in [1.54, 1.807) is 4.90 Å².